The second-order valence-corrected chi connectivity index (χ2v) is 5.17. The lowest BCUT2D eigenvalue weighted by Crippen LogP contribution is -2.24. The van der Waals surface area contributed by atoms with Crippen LogP contribution in [-0.4, -0.2) is 20.5 Å². The average molecular weight is 316 g/mol. The van der Waals surface area contributed by atoms with Crippen LogP contribution >= 0.6 is 0 Å². The van der Waals surface area contributed by atoms with E-state index in [4.69, 9.17) is 18.9 Å². The van der Waals surface area contributed by atoms with Crippen LogP contribution in [-0.2, 0) is 0 Å². The molecule has 124 valence electrons. The topological polar surface area (TPSA) is 36.9 Å². The molecular weight excluding hydrogens is 292 g/mol. The van der Waals surface area contributed by atoms with Crippen LogP contribution in [0.3, 0.4) is 0 Å². The molecule has 0 aromatic heterocycles. The van der Waals surface area contributed by atoms with E-state index in [-0.39, 0.29) is 6.29 Å². The van der Waals surface area contributed by atoms with Gasteiger partial charge in [-0.3, -0.25) is 0 Å². The Morgan fingerprint density at radius 1 is 0.783 bits per heavy atom. The SMILES string of the molecule is CCCCC(Oc1cccc(OC)c1)Oc1cccc(OC)c1. The van der Waals surface area contributed by atoms with Gasteiger partial charge in [0.25, 0.3) is 0 Å². The molecule has 0 aliphatic rings. The third-order valence-electron chi connectivity index (χ3n) is 3.41. The summed E-state index contributed by atoms with van der Waals surface area (Å²) in [5, 5.41) is 0. The monoisotopic (exact) mass is 316 g/mol. The molecule has 0 aliphatic carbocycles. The molecule has 2 aromatic carbocycles. The fraction of sp³-hybridized carbons (Fsp3) is 0.368. The third-order valence-corrected chi connectivity index (χ3v) is 3.41. The first-order valence-electron chi connectivity index (χ1n) is 7.86. The number of ether oxygens (including phenoxy) is 4. The molecule has 0 bridgehead atoms. The summed E-state index contributed by atoms with van der Waals surface area (Å²) in [5.41, 5.74) is 0. The molecule has 0 atom stereocenters. The highest BCUT2D eigenvalue weighted by Gasteiger charge is 2.13. The number of unbranched alkanes of at least 4 members (excludes halogenated alkanes) is 1. The molecule has 0 fully saturated rings. The molecule has 0 spiro atoms. The number of hydrogen-bond donors (Lipinski definition) is 0. The van der Waals surface area contributed by atoms with Crippen molar-refractivity contribution in [2.24, 2.45) is 0 Å². The van der Waals surface area contributed by atoms with Crippen LogP contribution in [0.25, 0.3) is 0 Å². The van der Waals surface area contributed by atoms with Gasteiger partial charge in [-0.1, -0.05) is 25.5 Å². The van der Waals surface area contributed by atoms with Gasteiger partial charge in [-0.2, -0.15) is 0 Å². The van der Waals surface area contributed by atoms with Crippen molar-refractivity contribution in [3.05, 3.63) is 48.5 Å². The molecule has 4 heteroatoms. The van der Waals surface area contributed by atoms with Gasteiger partial charge >= 0.3 is 0 Å². The number of benzene rings is 2. The van der Waals surface area contributed by atoms with Crippen LogP contribution in [0.15, 0.2) is 48.5 Å². The Balaban J connectivity index is 2.08. The summed E-state index contributed by atoms with van der Waals surface area (Å²) in [5.74, 6) is 2.98. The molecule has 0 aliphatic heterocycles. The van der Waals surface area contributed by atoms with Gasteiger partial charge in [-0.15, -0.1) is 0 Å². The molecule has 0 N–H and O–H groups in total. The molecular formula is C19H24O4. The predicted molar refractivity (Wildman–Crippen MR) is 90.6 cm³/mol. The third kappa shape index (κ3) is 5.40. The maximum Gasteiger partial charge on any atom is 0.241 e. The molecule has 0 radical (unpaired) electrons. The van der Waals surface area contributed by atoms with Crippen LogP contribution in [0.2, 0.25) is 0 Å². The van der Waals surface area contributed by atoms with Crippen LogP contribution in [0.4, 0.5) is 0 Å². The number of methoxy groups -OCH3 is 2. The fourth-order valence-corrected chi connectivity index (χ4v) is 2.17. The van der Waals surface area contributed by atoms with E-state index in [9.17, 15) is 0 Å². The Bertz CT molecular complexity index is 548. The van der Waals surface area contributed by atoms with E-state index in [1.165, 1.54) is 0 Å². The Labute approximate surface area is 137 Å². The van der Waals surface area contributed by atoms with E-state index in [1.807, 2.05) is 48.5 Å². The van der Waals surface area contributed by atoms with Crippen LogP contribution in [0.5, 0.6) is 23.0 Å². The minimum atomic E-state index is -0.353. The van der Waals surface area contributed by atoms with Crippen LogP contribution < -0.4 is 18.9 Å². The minimum absolute atomic E-state index is 0.353. The molecule has 0 unspecified atom stereocenters. The van der Waals surface area contributed by atoms with Crippen molar-refractivity contribution >= 4 is 0 Å². The average Bonchev–Trinajstić information content (AvgIpc) is 2.60. The van der Waals surface area contributed by atoms with Gasteiger partial charge in [-0.05, 0) is 30.7 Å². The zero-order chi connectivity index (χ0) is 16.5. The van der Waals surface area contributed by atoms with E-state index < -0.39 is 0 Å². The van der Waals surface area contributed by atoms with Crippen molar-refractivity contribution < 1.29 is 18.9 Å². The zero-order valence-electron chi connectivity index (χ0n) is 14.0. The summed E-state index contributed by atoms with van der Waals surface area (Å²) in [6.07, 6.45) is 2.57. The molecule has 0 heterocycles. The lowest BCUT2D eigenvalue weighted by Gasteiger charge is -2.21. The van der Waals surface area contributed by atoms with Crippen LogP contribution in [0, 0.1) is 0 Å². The quantitative estimate of drug-likeness (QED) is 0.630. The molecule has 0 saturated carbocycles. The van der Waals surface area contributed by atoms with Gasteiger partial charge < -0.3 is 18.9 Å². The largest absolute Gasteiger partial charge is 0.497 e. The van der Waals surface area contributed by atoms with Crippen LogP contribution in [0.1, 0.15) is 26.2 Å². The van der Waals surface area contributed by atoms with E-state index in [0.29, 0.717) is 0 Å². The number of hydrogen-bond acceptors (Lipinski definition) is 4. The Hall–Kier alpha value is -2.36. The highest BCUT2D eigenvalue weighted by atomic mass is 16.7. The smallest absolute Gasteiger partial charge is 0.241 e. The lowest BCUT2D eigenvalue weighted by molar-refractivity contribution is -0.00234. The molecule has 2 rings (SSSR count). The fourth-order valence-electron chi connectivity index (χ4n) is 2.17. The summed E-state index contributed by atoms with van der Waals surface area (Å²) in [4.78, 5) is 0. The van der Waals surface area contributed by atoms with Crippen molar-refractivity contribution in [1.82, 2.24) is 0 Å². The number of rotatable bonds is 9. The van der Waals surface area contributed by atoms with E-state index >= 15 is 0 Å². The summed E-state index contributed by atoms with van der Waals surface area (Å²) in [7, 11) is 3.28. The van der Waals surface area contributed by atoms with Crippen molar-refractivity contribution in [2.75, 3.05) is 14.2 Å². The zero-order valence-corrected chi connectivity index (χ0v) is 14.0. The predicted octanol–water partition coefficient (Wildman–Crippen LogP) is 4.68. The van der Waals surface area contributed by atoms with Crippen molar-refractivity contribution in [3.63, 3.8) is 0 Å². The standard InChI is InChI=1S/C19H24O4/c1-4-5-12-19(22-17-10-6-8-15(13-17)20-2)23-18-11-7-9-16(14-18)21-3/h6-11,13-14,19H,4-5,12H2,1-3H3. The highest BCUT2D eigenvalue weighted by Crippen LogP contribution is 2.25. The molecule has 4 nitrogen and oxygen atoms in total. The molecule has 0 amide bonds. The van der Waals surface area contributed by atoms with Gasteiger partial charge in [-0.25, -0.2) is 0 Å². The second kappa shape index (κ2) is 8.93. The summed E-state index contributed by atoms with van der Waals surface area (Å²) >= 11 is 0. The molecule has 2 aromatic rings. The summed E-state index contributed by atoms with van der Waals surface area (Å²) in [6.45, 7) is 2.15. The lowest BCUT2D eigenvalue weighted by atomic mass is 10.2. The van der Waals surface area contributed by atoms with E-state index in [2.05, 4.69) is 6.92 Å². The van der Waals surface area contributed by atoms with Gasteiger partial charge in [0.15, 0.2) is 0 Å². The Morgan fingerprint density at radius 2 is 1.26 bits per heavy atom. The van der Waals surface area contributed by atoms with E-state index in [0.717, 1.165) is 42.3 Å². The molecule has 0 saturated heterocycles. The Kier molecular flexibility index (Phi) is 6.60. The first-order chi connectivity index (χ1) is 11.2. The van der Waals surface area contributed by atoms with Gasteiger partial charge in [0, 0.05) is 18.6 Å². The second-order valence-electron chi connectivity index (χ2n) is 5.17. The van der Waals surface area contributed by atoms with Gasteiger partial charge in [0.05, 0.1) is 14.2 Å². The maximum atomic E-state index is 5.99. The minimum Gasteiger partial charge on any atom is -0.497 e. The van der Waals surface area contributed by atoms with Crippen molar-refractivity contribution in [1.29, 1.82) is 0 Å². The summed E-state index contributed by atoms with van der Waals surface area (Å²) < 4.78 is 22.4. The normalized spacial score (nSPS) is 10.4. The molecule has 23 heavy (non-hydrogen) atoms. The highest BCUT2D eigenvalue weighted by molar-refractivity contribution is 5.34. The van der Waals surface area contributed by atoms with Gasteiger partial charge in [0.2, 0.25) is 6.29 Å². The maximum absolute atomic E-state index is 5.99. The van der Waals surface area contributed by atoms with Gasteiger partial charge in [0.1, 0.15) is 23.0 Å². The Morgan fingerprint density at radius 3 is 1.70 bits per heavy atom. The van der Waals surface area contributed by atoms with Crippen molar-refractivity contribution in [2.45, 2.75) is 32.5 Å². The summed E-state index contributed by atoms with van der Waals surface area (Å²) in [6, 6.07) is 15.1. The van der Waals surface area contributed by atoms with Crippen molar-refractivity contribution in [3.8, 4) is 23.0 Å². The van der Waals surface area contributed by atoms with E-state index in [1.54, 1.807) is 14.2 Å². The first kappa shape index (κ1) is 17.0. The first-order valence-corrected chi connectivity index (χ1v) is 7.86.